The molecule has 152 valence electrons. The van der Waals surface area contributed by atoms with E-state index in [0.717, 1.165) is 38.3 Å². The van der Waals surface area contributed by atoms with Crippen LogP contribution in [0.3, 0.4) is 0 Å². The molecular formula is C20H34N4O2S. The summed E-state index contributed by atoms with van der Waals surface area (Å²) in [4.78, 5) is 6.77. The summed E-state index contributed by atoms with van der Waals surface area (Å²) < 4.78 is 25.5. The number of sulfonamides is 1. The number of aliphatic imine (C=N–C) groups is 1. The first-order valence-corrected chi connectivity index (χ1v) is 11.6. The van der Waals surface area contributed by atoms with Crippen LogP contribution in [0.15, 0.2) is 35.3 Å². The lowest BCUT2D eigenvalue weighted by atomic mass is 9.79. The van der Waals surface area contributed by atoms with Crippen molar-refractivity contribution < 1.29 is 8.42 Å². The number of piperidine rings is 1. The molecule has 2 unspecified atom stereocenters. The van der Waals surface area contributed by atoms with Gasteiger partial charge >= 0.3 is 0 Å². The zero-order chi connectivity index (χ0) is 19.7. The molecule has 1 aliphatic rings. The summed E-state index contributed by atoms with van der Waals surface area (Å²) in [5.74, 6) is 2.25. The van der Waals surface area contributed by atoms with E-state index in [4.69, 9.17) is 0 Å². The lowest BCUT2D eigenvalue weighted by molar-refractivity contribution is 0.215. The van der Waals surface area contributed by atoms with Gasteiger partial charge < -0.3 is 10.2 Å². The largest absolute Gasteiger partial charge is 0.356 e. The predicted molar refractivity (Wildman–Crippen MR) is 113 cm³/mol. The molecule has 1 heterocycles. The van der Waals surface area contributed by atoms with E-state index < -0.39 is 10.0 Å². The SMILES string of the molecule is CCC1CN(C(=NC)NCCCNS(=O)(=O)CC)CCC1c1ccccc1. The highest BCUT2D eigenvalue weighted by atomic mass is 32.2. The minimum Gasteiger partial charge on any atom is -0.356 e. The number of benzene rings is 1. The molecule has 1 aliphatic heterocycles. The molecule has 0 saturated carbocycles. The average molecular weight is 395 g/mol. The molecule has 0 aromatic heterocycles. The summed E-state index contributed by atoms with van der Waals surface area (Å²) in [5, 5.41) is 3.38. The van der Waals surface area contributed by atoms with Gasteiger partial charge in [0.15, 0.2) is 5.96 Å². The number of guanidine groups is 1. The smallest absolute Gasteiger partial charge is 0.211 e. The van der Waals surface area contributed by atoms with Gasteiger partial charge in [-0.1, -0.05) is 43.7 Å². The van der Waals surface area contributed by atoms with E-state index in [9.17, 15) is 8.42 Å². The van der Waals surface area contributed by atoms with Crippen LogP contribution in [-0.2, 0) is 10.0 Å². The number of nitrogens with one attached hydrogen (secondary N) is 2. The van der Waals surface area contributed by atoms with Crippen LogP contribution >= 0.6 is 0 Å². The molecule has 0 bridgehead atoms. The van der Waals surface area contributed by atoms with Crippen LogP contribution < -0.4 is 10.0 Å². The summed E-state index contributed by atoms with van der Waals surface area (Å²) in [7, 11) is -1.30. The molecule has 0 spiro atoms. The summed E-state index contributed by atoms with van der Waals surface area (Å²) >= 11 is 0. The number of hydrogen-bond donors (Lipinski definition) is 2. The quantitative estimate of drug-likeness (QED) is 0.403. The Labute approximate surface area is 164 Å². The van der Waals surface area contributed by atoms with Crippen molar-refractivity contribution >= 4 is 16.0 Å². The van der Waals surface area contributed by atoms with E-state index in [2.05, 4.69) is 57.2 Å². The molecule has 7 heteroatoms. The zero-order valence-electron chi connectivity index (χ0n) is 16.8. The maximum atomic E-state index is 11.5. The van der Waals surface area contributed by atoms with Gasteiger partial charge in [0.2, 0.25) is 10.0 Å². The Morgan fingerprint density at radius 2 is 1.96 bits per heavy atom. The molecule has 1 fully saturated rings. The Morgan fingerprint density at radius 1 is 1.22 bits per heavy atom. The summed E-state index contributed by atoms with van der Waals surface area (Å²) in [5.41, 5.74) is 1.44. The van der Waals surface area contributed by atoms with Crippen LogP contribution in [0.5, 0.6) is 0 Å². The second-order valence-electron chi connectivity index (χ2n) is 7.05. The molecule has 2 N–H and O–H groups in total. The Hall–Kier alpha value is -1.60. The molecule has 27 heavy (non-hydrogen) atoms. The monoisotopic (exact) mass is 394 g/mol. The van der Waals surface area contributed by atoms with E-state index in [1.165, 1.54) is 5.56 Å². The topological polar surface area (TPSA) is 73.8 Å². The molecule has 1 aromatic carbocycles. The molecule has 2 atom stereocenters. The molecule has 0 amide bonds. The van der Waals surface area contributed by atoms with Gasteiger partial charge in [-0.05, 0) is 37.2 Å². The standard InChI is InChI=1S/C20H34N4O2S/c1-4-17-16-24(15-12-19(17)18-10-7-6-8-11-18)20(21-3)22-13-9-14-23-27(25,26)5-2/h6-8,10-11,17,19,23H,4-5,9,12-16H2,1-3H3,(H,21,22). The maximum Gasteiger partial charge on any atom is 0.211 e. The first-order chi connectivity index (χ1) is 13.0. The molecule has 0 aliphatic carbocycles. The van der Waals surface area contributed by atoms with Gasteiger partial charge in [0.1, 0.15) is 0 Å². The highest BCUT2D eigenvalue weighted by molar-refractivity contribution is 7.89. The Bertz CT molecular complexity index is 691. The van der Waals surface area contributed by atoms with Crippen molar-refractivity contribution in [3.05, 3.63) is 35.9 Å². The Balaban J connectivity index is 1.84. The van der Waals surface area contributed by atoms with Crippen molar-refractivity contribution in [1.29, 1.82) is 0 Å². The van der Waals surface area contributed by atoms with Crippen molar-refractivity contribution in [2.75, 3.05) is 39.0 Å². The van der Waals surface area contributed by atoms with Crippen LogP contribution in [0.2, 0.25) is 0 Å². The minimum absolute atomic E-state index is 0.122. The summed E-state index contributed by atoms with van der Waals surface area (Å²) in [6.45, 7) is 7.05. The third kappa shape index (κ3) is 6.50. The van der Waals surface area contributed by atoms with Gasteiger partial charge in [-0.25, -0.2) is 13.1 Å². The van der Waals surface area contributed by atoms with Crippen LogP contribution in [0.4, 0.5) is 0 Å². The van der Waals surface area contributed by atoms with Crippen molar-refractivity contribution in [1.82, 2.24) is 14.9 Å². The van der Waals surface area contributed by atoms with Crippen LogP contribution in [0.1, 0.15) is 44.6 Å². The molecule has 1 aromatic rings. The van der Waals surface area contributed by atoms with Gasteiger partial charge in [-0.15, -0.1) is 0 Å². The zero-order valence-corrected chi connectivity index (χ0v) is 17.6. The van der Waals surface area contributed by atoms with E-state index in [1.54, 1.807) is 6.92 Å². The van der Waals surface area contributed by atoms with E-state index >= 15 is 0 Å². The normalized spacial score (nSPS) is 21.3. The molecule has 6 nitrogen and oxygen atoms in total. The third-order valence-electron chi connectivity index (χ3n) is 5.34. The number of rotatable bonds is 8. The molecule has 0 radical (unpaired) electrons. The third-order valence-corrected chi connectivity index (χ3v) is 6.74. The predicted octanol–water partition coefficient (Wildman–Crippen LogP) is 2.41. The van der Waals surface area contributed by atoms with Gasteiger partial charge in [0.25, 0.3) is 0 Å². The second-order valence-corrected chi connectivity index (χ2v) is 9.14. The second kappa shape index (κ2) is 10.7. The lowest BCUT2D eigenvalue weighted by Crippen LogP contribution is -2.48. The number of likely N-dealkylation sites (tertiary alicyclic amines) is 1. The number of nitrogens with zero attached hydrogens (tertiary/aromatic N) is 2. The van der Waals surface area contributed by atoms with Crippen molar-refractivity contribution in [3.63, 3.8) is 0 Å². The van der Waals surface area contributed by atoms with E-state index in [-0.39, 0.29) is 5.75 Å². The summed E-state index contributed by atoms with van der Waals surface area (Å²) in [6, 6.07) is 10.8. The van der Waals surface area contributed by atoms with Crippen molar-refractivity contribution in [2.24, 2.45) is 10.9 Å². The lowest BCUT2D eigenvalue weighted by Gasteiger charge is -2.40. The van der Waals surface area contributed by atoms with E-state index in [1.807, 2.05) is 7.05 Å². The Kier molecular flexibility index (Phi) is 8.57. The first kappa shape index (κ1) is 21.7. The Morgan fingerprint density at radius 3 is 2.59 bits per heavy atom. The fraction of sp³-hybridized carbons (Fsp3) is 0.650. The van der Waals surface area contributed by atoms with Gasteiger partial charge in [0.05, 0.1) is 5.75 Å². The van der Waals surface area contributed by atoms with E-state index in [0.29, 0.717) is 24.9 Å². The maximum absolute atomic E-state index is 11.5. The fourth-order valence-corrected chi connectivity index (χ4v) is 4.39. The van der Waals surface area contributed by atoms with Gasteiger partial charge in [-0.2, -0.15) is 0 Å². The van der Waals surface area contributed by atoms with Crippen LogP contribution in [0, 0.1) is 5.92 Å². The van der Waals surface area contributed by atoms with Crippen LogP contribution in [-0.4, -0.2) is 58.3 Å². The van der Waals surface area contributed by atoms with Gasteiger partial charge in [0, 0.05) is 33.2 Å². The first-order valence-electron chi connectivity index (χ1n) is 9.98. The minimum atomic E-state index is -3.11. The fourth-order valence-electron chi connectivity index (χ4n) is 3.73. The van der Waals surface area contributed by atoms with Crippen molar-refractivity contribution in [3.8, 4) is 0 Å². The highest BCUT2D eigenvalue weighted by Gasteiger charge is 2.30. The van der Waals surface area contributed by atoms with Crippen LogP contribution in [0.25, 0.3) is 0 Å². The number of hydrogen-bond acceptors (Lipinski definition) is 3. The molecule has 2 rings (SSSR count). The van der Waals surface area contributed by atoms with Crippen molar-refractivity contribution in [2.45, 2.75) is 39.0 Å². The molecular weight excluding hydrogens is 360 g/mol. The molecule has 1 saturated heterocycles. The average Bonchev–Trinajstić information content (AvgIpc) is 2.71. The van der Waals surface area contributed by atoms with Gasteiger partial charge in [-0.3, -0.25) is 4.99 Å². The summed E-state index contributed by atoms with van der Waals surface area (Å²) in [6.07, 6.45) is 3.00. The highest BCUT2D eigenvalue weighted by Crippen LogP contribution is 2.34.